The molecule has 2 N–H and O–H groups in total. The number of rotatable bonds is 5. The summed E-state index contributed by atoms with van der Waals surface area (Å²) >= 11 is 0. The number of anilines is 2. The Labute approximate surface area is 217 Å². The number of carbonyl (C=O) groups excluding carboxylic acids is 1. The van der Waals surface area contributed by atoms with E-state index in [1.165, 1.54) is 0 Å². The fourth-order valence-corrected chi connectivity index (χ4v) is 4.41. The highest BCUT2D eigenvalue weighted by molar-refractivity contribution is 6.05. The maximum Gasteiger partial charge on any atom is 0.416 e. The van der Waals surface area contributed by atoms with Gasteiger partial charge < -0.3 is 15.5 Å². The summed E-state index contributed by atoms with van der Waals surface area (Å²) in [5.41, 5.74) is 3.85. The van der Waals surface area contributed by atoms with Crippen LogP contribution < -0.4 is 15.5 Å². The van der Waals surface area contributed by atoms with Gasteiger partial charge in [0.1, 0.15) is 5.69 Å². The van der Waals surface area contributed by atoms with Crippen LogP contribution in [-0.4, -0.2) is 56.9 Å². The molecule has 198 valence electrons. The molecule has 4 aromatic rings. The van der Waals surface area contributed by atoms with Gasteiger partial charge in [-0.2, -0.15) is 18.3 Å². The quantitative estimate of drug-likeness (QED) is 0.411. The van der Waals surface area contributed by atoms with Crippen LogP contribution in [-0.2, 0) is 13.2 Å². The molecule has 38 heavy (non-hydrogen) atoms. The molecule has 0 unspecified atom stereocenters. The van der Waals surface area contributed by atoms with Crippen LogP contribution in [0.25, 0.3) is 16.9 Å². The second-order valence-corrected chi connectivity index (χ2v) is 9.27. The van der Waals surface area contributed by atoms with Crippen LogP contribution in [0.4, 0.5) is 24.5 Å². The number of aryl methyl sites for hydroxylation is 2. The maximum absolute atomic E-state index is 13.6. The molecule has 0 radical (unpaired) electrons. The summed E-state index contributed by atoms with van der Waals surface area (Å²) in [7, 11) is 1.84. The lowest BCUT2D eigenvalue weighted by atomic mass is 10.1. The van der Waals surface area contributed by atoms with E-state index in [0.29, 0.717) is 43.2 Å². The van der Waals surface area contributed by atoms with Crippen LogP contribution in [0.3, 0.4) is 0 Å². The molecule has 3 heterocycles. The molecule has 0 aliphatic carbocycles. The maximum atomic E-state index is 13.6. The highest BCUT2D eigenvalue weighted by Crippen LogP contribution is 2.35. The van der Waals surface area contributed by atoms with Gasteiger partial charge in [0.15, 0.2) is 0 Å². The van der Waals surface area contributed by atoms with E-state index in [2.05, 4.69) is 26.0 Å². The van der Waals surface area contributed by atoms with Crippen LogP contribution in [0.5, 0.6) is 0 Å². The van der Waals surface area contributed by atoms with Gasteiger partial charge in [-0.05, 0) is 49.7 Å². The Bertz CT molecular complexity index is 1480. The van der Waals surface area contributed by atoms with Crippen molar-refractivity contribution in [1.29, 1.82) is 0 Å². The molecule has 1 saturated heterocycles. The van der Waals surface area contributed by atoms with Crippen molar-refractivity contribution in [3.05, 3.63) is 71.2 Å². The second kappa shape index (κ2) is 9.93. The second-order valence-electron chi connectivity index (χ2n) is 9.27. The highest BCUT2D eigenvalue weighted by atomic mass is 19.4. The van der Waals surface area contributed by atoms with Crippen LogP contribution >= 0.6 is 0 Å². The largest absolute Gasteiger partial charge is 0.416 e. The van der Waals surface area contributed by atoms with Crippen molar-refractivity contribution < 1.29 is 18.0 Å². The van der Waals surface area contributed by atoms with E-state index in [1.807, 2.05) is 25.8 Å². The summed E-state index contributed by atoms with van der Waals surface area (Å²) in [6, 6.07) is 8.69. The first-order valence-corrected chi connectivity index (χ1v) is 12.1. The zero-order valence-electron chi connectivity index (χ0n) is 21.2. The van der Waals surface area contributed by atoms with Crippen molar-refractivity contribution in [2.45, 2.75) is 20.0 Å². The van der Waals surface area contributed by atoms with Crippen LogP contribution in [0, 0.1) is 13.8 Å². The van der Waals surface area contributed by atoms with Gasteiger partial charge >= 0.3 is 6.18 Å². The minimum absolute atomic E-state index is 0.0792. The van der Waals surface area contributed by atoms with Crippen molar-refractivity contribution in [3.63, 3.8) is 0 Å². The molecule has 0 spiro atoms. The molecule has 1 aliphatic heterocycles. The molecule has 0 saturated carbocycles. The molecule has 1 fully saturated rings. The summed E-state index contributed by atoms with van der Waals surface area (Å²) in [6.45, 7) is 6.31. The fraction of sp³-hybridized carbons (Fsp3) is 0.308. The molecular formula is C26H27F3N8O. The number of halogens is 3. The predicted molar refractivity (Wildman–Crippen MR) is 138 cm³/mol. The predicted octanol–water partition coefficient (Wildman–Crippen LogP) is 3.97. The lowest BCUT2D eigenvalue weighted by Gasteiger charge is -2.30. The van der Waals surface area contributed by atoms with Gasteiger partial charge in [0, 0.05) is 61.4 Å². The summed E-state index contributed by atoms with van der Waals surface area (Å²) < 4.78 is 44.3. The summed E-state index contributed by atoms with van der Waals surface area (Å²) in [6.07, 6.45) is -1.08. The molecule has 12 heteroatoms. The molecule has 1 aliphatic rings. The lowest BCUT2D eigenvalue weighted by Crippen LogP contribution is -2.43. The number of benzene rings is 2. The molecule has 2 aromatic carbocycles. The topological polar surface area (TPSA) is 92.9 Å². The van der Waals surface area contributed by atoms with E-state index < -0.39 is 17.6 Å². The Morgan fingerprint density at radius 3 is 2.53 bits per heavy atom. The van der Waals surface area contributed by atoms with E-state index in [9.17, 15) is 18.0 Å². The number of carbonyl (C=O) groups is 1. The zero-order chi connectivity index (χ0) is 27.0. The van der Waals surface area contributed by atoms with Crippen molar-refractivity contribution in [2.24, 2.45) is 7.05 Å². The van der Waals surface area contributed by atoms with Gasteiger partial charge in [0.05, 0.1) is 23.6 Å². The van der Waals surface area contributed by atoms with Crippen LogP contribution in [0.1, 0.15) is 27.2 Å². The number of hydrogen-bond acceptors (Lipinski definition) is 6. The average Bonchev–Trinajstić information content (AvgIpc) is 3.50. The molecule has 0 bridgehead atoms. The van der Waals surface area contributed by atoms with E-state index in [-0.39, 0.29) is 11.3 Å². The standard InChI is InChI=1S/C26H27F3N8O/c1-16-4-5-18(10-24(16)37-15-23(33-34-37)22-14-31-35(3)17(22)2)25(38)32-20-11-19(26(27,28)29)12-21(13-20)36-8-6-30-7-9-36/h4-5,10-15,30H,6-9H2,1-3H3,(H,32,38). The van der Waals surface area contributed by atoms with E-state index in [1.54, 1.807) is 46.0 Å². The van der Waals surface area contributed by atoms with Gasteiger partial charge in [-0.1, -0.05) is 11.3 Å². The number of hydrogen-bond donors (Lipinski definition) is 2. The third-order valence-corrected chi connectivity index (χ3v) is 6.71. The number of alkyl halides is 3. The average molecular weight is 525 g/mol. The molecular weight excluding hydrogens is 497 g/mol. The fourth-order valence-electron chi connectivity index (χ4n) is 4.41. The Hall–Kier alpha value is -4.19. The van der Waals surface area contributed by atoms with E-state index in [0.717, 1.165) is 29.0 Å². The first-order valence-electron chi connectivity index (χ1n) is 12.1. The van der Waals surface area contributed by atoms with Gasteiger partial charge in [-0.3, -0.25) is 9.48 Å². The van der Waals surface area contributed by atoms with Crippen LogP contribution in [0.15, 0.2) is 48.8 Å². The first kappa shape index (κ1) is 25.5. The molecule has 1 amide bonds. The van der Waals surface area contributed by atoms with Gasteiger partial charge in [0.2, 0.25) is 0 Å². The Kier molecular flexibility index (Phi) is 6.66. The number of aromatic nitrogens is 5. The molecule has 2 aromatic heterocycles. The summed E-state index contributed by atoms with van der Waals surface area (Å²) in [5, 5.41) is 18.5. The zero-order valence-corrected chi connectivity index (χ0v) is 21.2. The Morgan fingerprint density at radius 1 is 1.08 bits per heavy atom. The monoisotopic (exact) mass is 524 g/mol. The SMILES string of the molecule is Cc1ccc(C(=O)Nc2cc(N3CCNCC3)cc(C(F)(F)F)c2)cc1-n1cc(-c2cnn(C)c2C)nn1. The lowest BCUT2D eigenvalue weighted by molar-refractivity contribution is -0.137. The molecule has 9 nitrogen and oxygen atoms in total. The number of nitrogens with one attached hydrogen (secondary N) is 2. The first-order chi connectivity index (χ1) is 18.1. The van der Waals surface area contributed by atoms with Gasteiger partial charge in [0.25, 0.3) is 5.91 Å². The van der Waals surface area contributed by atoms with E-state index >= 15 is 0 Å². The van der Waals surface area contributed by atoms with Crippen LogP contribution in [0.2, 0.25) is 0 Å². The summed E-state index contributed by atoms with van der Waals surface area (Å²) in [4.78, 5) is 15.0. The number of amides is 1. The molecule has 5 rings (SSSR count). The third-order valence-electron chi connectivity index (χ3n) is 6.71. The number of piperazine rings is 1. The van der Waals surface area contributed by atoms with E-state index in [4.69, 9.17) is 0 Å². The highest BCUT2D eigenvalue weighted by Gasteiger charge is 2.32. The van der Waals surface area contributed by atoms with Crippen molar-refractivity contribution >= 4 is 17.3 Å². The Balaban J connectivity index is 1.43. The number of nitrogens with zero attached hydrogens (tertiary/aromatic N) is 6. The smallest absolute Gasteiger partial charge is 0.369 e. The van der Waals surface area contributed by atoms with Crippen molar-refractivity contribution in [2.75, 3.05) is 36.4 Å². The minimum Gasteiger partial charge on any atom is -0.369 e. The van der Waals surface area contributed by atoms with Crippen molar-refractivity contribution in [1.82, 2.24) is 30.1 Å². The van der Waals surface area contributed by atoms with Gasteiger partial charge in [-0.25, -0.2) is 4.68 Å². The summed E-state index contributed by atoms with van der Waals surface area (Å²) in [5.74, 6) is -0.528. The Morgan fingerprint density at radius 2 is 1.84 bits per heavy atom. The normalized spacial score (nSPS) is 14.1. The molecule has 0 atom stereocenters. The van der Waals surface area contributed by atoms with Crippen molar-refractivity contribution in [3.8, 4) is 16.9 Å². The van der Waals surface area contributed by atoms with Gasteiger partial charge in [-0.15, -0.1) is 5.10 Å². The third kappa shape index (κ3) is 5.12. The minimum atomic E-state index is -4.54.